The first-order valence-electron chi connectivity index (χ1n) is 11.3. The molecule has 6 nitrogen and oxygen atoms in total. The summed E-state index contributed by atoms with van der Waals surface area (Å²) in [6, 6.07) is 17.0. The summed E-state index contributed by atoms with van der Waals surface area (Å²) >= 11 is 6.75. The number of carbonyl (C=O) groups is 1. The van der Waals surface area contributed by atoms with Gasteiger partial charge in [-0.2, -0.15) is 0 Å². The van der Waals surface area contributed by atoms with Gasteiger partial charge in [-0.25, -0.2) is 4.68 Å². The third-order valence-electron chi connectivity index (χ3n) is 5.75. The zero-order chi connectivity index (χ0) is 24.2. The molecule has 1 saturated heterocycles. The predicted molar refractivity (Wildman–Crippen MR) is 143 cm³/mol. The molecule has 1 aliphatic rings. The van der Waals surface area contributed by atoms with Gasteiger partial charge in [0.1, 0.15) is 11.4 Å². The minimum Gasteiger partial charge on any atom is -0.493 e. The Hall–Kier alpha value is -3.10. The summed E-state index contributed by atoms with van der Waals surface area (Å²) in [4.78, 5) is 28.7. The van der Waals surface area contributed by atoms with Crippen molar-refractivity contribution >= 4 is 46.0 Å². The zero-order valence-electron chi connectivity index (χ0n) is 19.5. The molecule has 8 heteroatoms. The first kappa shape index (κ1) is 24.0. The minimum atomic E-state index is -0.304. The van der Waals surface area contributed by atoms with E-state index in [2.05, 4.69) is 6.92 Å². The molecule has 34 heavy (non-hydrogen) atoms. The Balaban J connectivity index is 1.67. The van der Waals surface area contributed by atoms with Crippen molar-refractivity contribution in [2.75, 3.05) is 11.5 Å². The molecule has 0 aliphatic carbocycles. The number of thiocarbonyl (C=S) groups is 1. The number of hydrogen-bond acceptors (Lipinski definition) is 5. The molecule has 0 unspecified atom stereocenters. The van der Waals surface area contributed by atoms with Crippen molar-refractivity contribution in [1.82, 2.24) is 9.36 Å². The first-order chi connectivity index (χ1) is 16.4. The van der Waals surface area contributed by atoms with Gasteiger partial charge < -0.3 is 4.74 Å². The third kappa shape index (κ3) is 4.60. The van der Waals surface area contributed by atoms with Crippen LogP contribution in [0.2, 0.25) is 0 Å². The van der Waals surface area contributed by atoms with Gasteiger partial charge in [0.15, 0.2) is 4.32 Å². The fourth-order valence-electron chi connectivity index (χ4n) is 3.88. The molecule has 0 bridgehead atoms. The lowest BCUT2D eigenvalue weighted by molar-refractivity contribution is -0.113. The van der Waals surface area contributed by atoms with E-state index in [-0.39, 0.29) is 17.2 Å². The number of benzene rings is 2. The van der Waals surface area contributed by atoms with Crippen molar-refractivity contribution in [3.8, 4) is 11.4 Å². The molecule has 1 fully saturated rings. The number of amides is 1. The highest BCUT2D eigenvalue weighted by atomic mass is 32.2. The average molecular weight is 494 g/mol. The monoisotopic (exact) mass is 493 g/mol. The van der Waals surface area contributed by atoms with Crippen molar-refractivity contribution in [3.05, 3.63) is 81.1 Å². The molecule has 1 aromatic heterocycles. The maximum absolute atomic E-state index is 13.4. The van der Waals surface area contributed by atoms with E-state index in [0.29, 0.717) is 21.5 Å². The van der Waals surface area contributed by atoms with Gasteiger partial charge in [-0.05, 0) is 37.6 Å². The highest BCUT2D eigenvalue weighted by Crippen LogP contribution is 2.37. The number of unbranched alkanes of at least 4 members (excludes halogenated alkanes) is 2. The van der Waals surface area contributed by atoms with E-state index in [1.807, 2.05) is 61.5 Å². The summed E-state index contributed by atoms with van der Waals surface area (Å²) in [5.41, 5.74) is 2.18. The Morgan fingerprint density at radius 2 is 1.74 bits per heavy atom. The Bertz CT molecular complexity index is 1310. The molecule has 0 atom stereocenters. The summed E-state index contributed by atoms with van der Waals surface area (Å²) in [5, 5.41) is 0. The van der Waals surface area contributed by atoms with Crippen molar-refractivity contribution in [2.45, 2.75) is 33.1 Å². The molecule has 4 rings (SSSR count). The number of carbonyl (C=O) groups excluding carboxylic acids is 1. The molecule has 1 amide bonds. The SMILES string of the molecule is CCCCCOc1ccccc1C=C1SC(=S)N(c2c(C)n(C)n(-c3ccccc3)c2=O)C1=O. The quantitative estimate of drug-likeness (QED) is 0.237. The summed E-state index contributed by atoms with van der Waals surface area (Å²) in [6.45, 7) is 4.60. The van der Waals surface area contributed by atoms with Crippen LogP contribution in [0.3, 0.4) is 0 Å². The summed E-state index contributed by atoms with van der Waals surface area (Å²) < 4.78 is 9.59. The molecular weight excluding hydrogens is 466 g/mol. The Labute approximate surface area is 208 Å². The lowest BCUT2D eigenvalue weighted by atomic mass is 10.2. The summed E-state index contributed by atoms with van der Waals surface area (Å²) in [5.74, 6) is 0.424. The number of rotatable bonds is 8. The third-order valence-corrected chi connectivity index (χ3v) is 7.05. The topological polar surface area (TPSA) is 56.5 Å². The summed E-state index contributed by atoms with van der Waals surface area (Å²) in [7, 11) is 1.80. The van der Waals surface area contributed by atoms with Crippen molar-refractivity contribution in [3.63, 3.8) is 0 Å². The molecular formula is C26H27N3O3S2. The van der Waals surface area contributed by atoms with Gasteiger partial charge in [-0.1, -0.05) is 80.1 Å². The van der Waals surface area contributed by atoms with Crippen LogP contribution in [0.25, 0.3) is 11.8 Å². The molecule has 0 spiro atoms. The first-order valence-corrected chi connectivity index (χ1v) is 12.5. The minimum absolute atomic E-state index is 0.279. The Morgan fingerprint density at radius 1 is 1.03 bits per heavy atom. The van der Waals surface area contributed by atoms with E-state index < -0.39 is 0 Å². The number of para-hydroxylation sites is 2. The van der Waals surface area contributed by atoms with Crippen LogP contribution in [0.4, 0.5) is 5.69 Å². The summed E-state index contributed by atoms with van der Waals surface area (Å²) in [6.07, 6.45) is 5.01. The van der Waals surface area contributed by atoms with Gasteiger partial charge >= 0.3 is 0 Å². The molecule has 2 aromatic carbocycles. The molecule has 0 radical (unpaired) electrons. The van der Waals surface area contributed by atoms with Crippen LogP contribution in [0.5, 0.6) is 5.75 Å². The second kappa shape index (κ2) is 10.4. The van der Waals surface area contributed by atoms with E-state index in [0.717, 1.165) is 36.3 Å². The van der Waals surface area contributed by atoms with Crippen LogP contribution >= 0.6 is 24.0 Å². The molecule has 2 heterocycles. The number of thioether (sulfide) groups is 1. The lowest BCUT2D eigenvalue weighted by Gasteiger charge is -2.12. The molecule has 1 aliphatic heterocycles. The fraction of sp³-hybridized carbons (Fsp3) is 0.269. The Morgan fingerprint density at radius 3 is 2.47 bits per heavy atom. The zero-order valence-corrected chi connectivity index (χ0v) is 21.1. The number of nitrogens with zero attached hydrogens (tertiary/aromatic N) is 3. The number of aromatic nitrogens is 2. The van der Waals surface area contributed by atoms with E-state index in [1.54, 1.807) is 22.5 Å². The van der Waals surface area contributed by atoms with Crippen molar-refractivity contribution in [1.29, 1.82) is 0 Å². The highest BCUT2D eigenvalue weighted by molar-refractivity contribution is 8.27. The van der Waals surface area contributed by atoms with E-state index in [9.17, 15) is 9.59 Å². The molecule has 3 aromatic rings. The van der Waals surface area contributed by atoms with Crippen LogP contribution in [-0.2, 0) is 11.8 Å². The van der Waals surface area contributed by atoms with Gasteiger partial charge in [-0.15, -0.1) is 0 Å². The second-order valence-electron chi connectivity index (χ2n) is 8.02. The number of hydrogen-bond donors (Lipinski definition) is 0. The van der Waals surface area contributed by atoms with Gasteiger partial charge in [0.2, 0.25) is 0 Å². The normalized spacial score (nSPS) is 14.9. The van der Waals surface area contributed by atoms with E-state index in [4.69, 9.17) is 17.0 Å². The lowest BCUT2D eigenvalue weighted by Crippen LogP contribution is -2.33. The van der Waals surface area contributed by atoms with Crippen molar-refractivity contribution < 1.29 is 9.53 Å². The highest BCUT2D eigenvalue weighted by Gasteiger charge is 2.37. The smallest absolute Gasteiger partial charge is 0.296 e. The number of anilines is 1. The van der Waals surface area contributed by atoms with Gasteiger partial charge in [-0.3, -0.25) is 19.2 Å². The maximum atomic E-state index is 13.4. The van der Waals surface area contributed by atoms with Gasteiger partial charge in [0.05, 0.1) is 22.9 Å². The standard InChI is InChI=1S/C26H27N3O3S2/c1-4-5-11-16-32-21-15-10-9-12-19(21)17-22-24(30)28(26(33)34-22)23-18(2)27(3)29(25(23)31)20-13-7-6-8-14-20/h6-10,12-15,17H,4-5,11,16H2,1-3H3. The van der Waals surface area contributed by atoms with E-state index >= 15 is 0 Å². The largest absolute Gasteiger partial charge is 0.493 e. The van der Waals surface area contributed by atoms with Crippen molar-refractivity contribution in [2.24, 2.45) is 7.05 Å². The van der Waals surface area contributed by atoms with Crippen LogP contribution in [0, 0.1) is 6.92 Å². The number of ether oxygens (including phenoxy) is 1. The van der Waals surface area contributed by atoms with Crippen LogP contribution in [-0.4, -0.2) is 26.2 Å². The van der Waals surface area contributed by atoms with Crippen LogP contribution < -0.4 is 15.2 Å². The average Bonchev–Trinajstić information content (AvgIpc) is 3.23. The van der Waals surface area contributed by atoms with Crippen LogP contribution in [0.1, 0.15) is 37.4 Å². The molecule has 176 valence electrons. The van der Waals surface area contributed by atoms with Crippen LogP contribution in [0.15, 0.2) is 64.3 Å². The van der Waals surface area contributed by atoms with Gasteiger partial charge in [0, 0.05) is 12.6 Å². The predicted octanol–water partition coefficient (Wildman–Crippen LogP) is 5.46. The fourth-order valence-corrected chi connectivity index (χ4v) is 5.14. The van der Waals surface area contributed by atoms with Gasteiger partial charge in [0.25, 0.3) is 11.5 Å². The molecule has 0 saturated carbocycles. The van der Waals surface area contributed by atoms with E-state index in [1.165, 1.54) is 16.7 Å². The molecule has 0 N–H and O–H groups in total. The second-order valence-corrected chi connectivity index (χ2v) is 9.70. The maximum Gasteiger partial charge on any atom is 0.296 e. The Kier molecular flexibility index (Phi) is 7.38.